The van der Waals surface area contributed by atoms with Crippen LogP contribution in [0, 0.1) is 0 Å². The number of rotatable bonds is 3. The summed E-state index contributed by atoms with van der Waals surface area (Å²) in [5.41, 5.74) is 8.91. The molecule has 2 heteroatoms. The van der Waals surface area contributed by atoms with Crippen molar-refractivity contribution in [1.82, 2.24) is 0 Å². The minimum atomic E-state index is 0.177. The van der Waals surface area contributed by atoms with Crippen LogP contribution in [0.25, 0.3) is 0 Å². The Labute approximate surface area is 105 Å². The Balaban J connectivity index is 2.18. The lowest BCUT2D eigenvalue weighted by Crippen LogP contribution is -2.38. The van der Waals surface area contributed by atoms with Crippen LogP contribution >= 0.6 is 0 Å². The van der Waals surface area contributed by atoms with Gasteiger partial charge in [0, 0.05) is 23.8 Å². The van der Waals surface area contributed by atoms with E-state index in [1.807, 2.05) is 0 Å². The molecule has 0 saturated carbocycles. The Morgan fingerprint density at radius 3 is 2.41 bits per heavy atom. The lowest BCUT2D eigenvalue weighted by atomic mass is 10.0. The molecule has 2 N–H and O–H groups in total. The van der Waals surface area contributed by atoms with Crippen LogP contribution < -0.4 is 10.6 Å². The summed E-state index contributed by atoms with van der Waals surface area (Å²) in [6, 6.07) is 8.97. The highest BCUT2D eigenvalue weighted by molar-refractivity contribution is 5.51. The van der Waals surface area contributed by atoms with Gasteiger partial charge >= 0.3 is 0 Å². The third kappa shape index (κ3) is 2.47. The molecule has 1 aliphatic heterocycles. The van der Waals surface area contributed by atoms with Crippen molar-refractivity contribution >= 4 is 5.69 Å². The molecule has 0 aromatic heterocycles. The molecule has 1 aromatic carbocycles. The Morgan fingerprint density at radius 2 is 1.94 bits per heavy atom. The fraction of sp³-hybridized carbons (Fsp3) is 0.600. The Hall–Kier alpha value is -1.02. The van der Waals surface area contributed by atoms with Crippen molar-refractivity contribution in [3.63, 3.8) is 0 Å². The van der Waals surface area contributed by atoms with Crippen molar-refractivity contribution < 1.29 is 0 Å². The van der Waals surface area contributed by atoms with Gasteiger partial charge in [-0.25, -0.2) is 0 Å². The summed E-state index contributed by atoms with van der Waals surface area (Å²) in [5, 5.41) is 0. The van der Waals surface area contributed by atoms with Crippen LogP contribution in [0.5, 0.6) is 0 Å². The minimum Gasteiger partial charge on any atom is -0.366 e. The van der Waals surface area contributed by atoms with Crippen molar-refractivity contribution in [3.05, 3.63) is 29.8 Å². The molecule has 2 nitrogen and oxygen atoms in total. The zero-order chi connectivity index (χ0) is 12.5. The van der Waals surface area contributed by atoms with E-state index >= 15 is 0 Å². The molecular weight excluding hydrogens is 208 g/mol. The highest BCUT2D eigenvalue weighted by Gasteiger charge is 2.31. The van der Waals surface area contributed by atoms with Crippen LogP contribution in [0.15, 0.2) is 24.3 Å². The number of benzene rings is 1. The van der Waals surface area contributed by atoms with Crippen molar-refractivity contribution in [2.24, 2.45) is 5.73 Å². The van der Waals surface area contributed by atoms with Gasteiger partial charge in [0.1, 0.15) is 0 Å². The average Bonchev–Trinajstić information content (AvgIpc) is 2.68. The first-order valence-electron chi connectivity index (χ1n) is 6.68. The van der Waals surface area contributed by atoms with Gasteiger partial charge in [0.05, 0.1) is 0 Å². The molecule has 17 heavy (non-hydrogen) atoms. The number of hydrogen-bond donors (Lipinski definition) is 1. The second kappa shape index (κ2) is 4.69. The van der Waals surface area contributed by atoms with E-state index < -0.39 is 0 Å². The van der Waals surface area contributed by atoms with E-state index in [2.05, 4.69) is 49.9 Å². The fourth-order valence-corrected chi connectivity index (χ4v) is 2.72. The molecule has 0 bridgehead atoms. The molecule has 1 aliphatic rings. The SMILES string of the molecule is CCC(N)c1ccc(N2CCCC2(C)C)cc1. The maximum Gasteiger partial charge on any atom is 0.0370 e. The Kier molecular flexibility index (Phi) is 3.43. The molecule has 94 valence electrons. The smallest absolute Gasteiger partial charge is 0.0370 e. The van der Waals surface area contributed by atoms with E-state index in [0.29, 0.717) is 5.54 Å². The lowest BCUT2D eigenvalue weighted by molar-refractivity contribution is 0.518. The number of nitrogens with two attached hydrogens (primary N) is 1. The van der Waals surface area contributed by atoms with Gasteiger partial charge in [0.2, 0.25) is 0 Å². The monoisotopic (exact) mass is 232 g/mol. The predicted octanol–water partition coefficient (Wildman–Crippen LogP) is 3.48. The first kappa shape index (κ1) is 12.4. The minimum absolute atomic E-state index is 0.177. The summed E-state index contributed by atoms with van der Waals surface area (Å²) in [4.78, 5) is 2.51. The van der Waals surface area contributed by atoms with Crippen molar-refractivity contribution in [2.75, 3.05) is 11.4 Å². The van der Waals surface area contributed by atoms with Crippen LogP contribution in [0.3, 0.4) is 0 Å². The summed E-state index contributed by atoms with van der Waals surface area (Å²) in [6.45, 7) is 7.95. The summed E-state index contributed by atoms with van der Waals surface area (Å²) >= 11 is 0. The van der Waals surface area contributed by atoms with E-state index in [1.165, 1.54) is 30.6 Å². The van der Waals surface area contributed by atoms with Gasteiger partial charge in [-0.1, -0.05) is 19.1 Å². The molecule has 0 amide bonds. The van der Waals surface area contributed by atoms with Crippen LogP contribution in [0.4, 0.5) is 5.69 Å². The second-order valence-electron chi connectivity index (χ2n) is 5.67. The third-order valence-electron chi connectivity index (χ3n) is 3.97. The summed E-state index contributed by atoms with van der Waals surface area (Å²) < 4.78 is 0. The molecule has 0 spiro atoms. The van der Waals surface area contributed by atoms with Gasteiger partial charge in [-0.15, -0.1) is 0 Å². The zero-order valence-electron chi connectivity index (χ0n) is 11.2. The van der Waals surface area contributed by atoms with Crippen LogP contribution in [0.2, 0.25) is 0 Å². The third-order valence-corrected chi connectivity index (χ3v) is 3.97. The summed E-state index contributed by atoms with van der Waals surface area (Å²) in [7, 11) is 0. The topological polar surface area (TPSA) is 29.3 Å². The van der Waals surface area contributed by atoms with Crippen molar-refractivity contribution in [2.45, 2.75) is 51.6 Å². The van der Waals surface area contributed by atoms with Gasteiger partial charge < -0.3 is 10.6 Å². The highest BCUT2D eigenvalue weighted by atomic mass is 15.2. The maximum atomic E-state index is 6.04. The molecule has 1 heterocycles. The molecule has 1 aromatic rings. The van der Waals surface area contributed by atoms with Gasteiger partial charge in [0.25, 0.3) is 0 Å². The Morgan fingerprint density at radius 1 is 1.29 bits per heavy atom. The van der Waals surface area contributed by atoms with Gasteiger partial charge in [-0.3, -0.25) is 0 Å². The van der Waals surface area contributed by atoms with Crippen LogP contribution in [-0.4, -0.2) is 12.1 Å². The van der Waals surface area contributed by atoms with E-state index in [-0.39, 0.29) is 6.04 Å². The van der Waals surface area contributed by atoms with E-state index in [9.17, 15) is 0 Å². The molecule has 0 aliphatic carbocycles. The molecule has 1 unspecified atom stereocenters. The number of nitrogens with zero attached hydrogens (tertiary/aromatic N) is 1. The average molecular weight is 232 g/mol. The van der Waals surface area contributed by atoms with Gasteiger partial charge in [-0.05, 0) is 50.8 Å². The standard InChI is InChI=1S/C15H24N2/c1-4-14(16)12-6-8-13(9-7-12)17-11-5-10-15(17,2)3/h6-9,14H,4-5,10-11,16H2,1-3H3. The molecule has 2 rings (SSSR count). The van der Waals surface area contributed by atoms with Crippen LogP contribution in [-0.2, 0) is 0 Å². The predicted molar refractivity (Wildman–Crippen MR) is 74.3 cm³/mol. The second-order valence-corrected chi connectivity index (χ2v) is 5.67. The molecule has 1 saturated heterocycles. The van der Waals surface area contributed by atoms with Crippen molar-refractivity contribution in [1.29, 1.82) is 0 Å². The molecule has 0 radical (unpaired) electrons. The fourth-order valence-electron chi connectivity index (χ4n) is 2.72. The lowest BCUT2D eigenvalue weighted by Gasteiger charge is -2.34. The molecule has 1 atom stereocenters. The van der Waals surface area contributed by atoms with Crippen molar-refractivity contribution in [3.8, 4) is 0 Å². The van der Waals surface area contributed by atoms with E-state index in [1.54, 1.807) is 0 Å². The van der Waals surface area contributed by atoms with E-state index in [0.717, 1.165) is 6.42 Å². The largest absolute Gasteiger partial charge is 0.366 e. The van der Waals surface area contributed by atoms with Gasteiger partial charge in [0.15, 0.2) is 0 Å². The normalized spacial score (nSPS) is 20.6. The first-order chi connectivity index (χ1) is 8.04. The van der Waals surface area contributed by atoms with Gasteiger partial charge in [-0.2, -0.15) is 0 Å². The quantitative estimate of drug-likeness (QED) is 0.864. The van der Waals surface area contributed by atoms with E-state index in [4.69, 9.17) is 5.73 Å². The highest BCUT2D eigenvalue weighted by Crippen LogP contribution is 2.33. The molecular formula is C15H24N2. The summed E-state index contributed by atoms with van der Waals surface area (Å²) in [5.74, 6) is 0. The van der Waals surface area contributed by atoms with Crippen LogP contribution in [0.1, 0.15) is 51.6 Å². The number of anilines is 1. The first-order valence-corrected chi connectivity index (χ1v) is 6.68. The maximum absolute atomic E-state index is 6.04. The Bertz CT molecular complexity index is 367. The zero-order valence-corrected chi connectivity index (χ0v) is 11.2. The molecule has 1 fully saturated rings. The number of hydrogen-bond acceptors (Lipinski definition) is 2. The summed E-state index contributed by atoms with van der Waals surface area (Å²) in [6.07, 6.45) is 3.57.